The normalized spacial score (nSPS) is 29.1. The molecule has 17 heavy (non-hydrogen) atoms. The quantitative estimate of drug-likeness (QED) is 0.533. The third kappa shape index (κ3) is 5.54. The lowest BCUT2D eigenvalue weighted by Gasteiger charge is -2.40. The van der Waals surface area contributed by atoms with Crippen LogP contribution in [0.1, 0.15) is 12.8 Å². The number of alkyl halides is 4. The van der Waals surface area contributed by atoms with Crippen LogP contribution in [0, 0.1) is 0 Å². The van der Waals surface area contributed by atoms with Crippen molar-refractivity contribution >= 4 is 15.9 Å². The van der Waals surface area contributed by atoms with Crippen LogP contribution in [0.2, 0.25) is 0 Å². The van der Waals surface area contributed by atoms with Crippen LogP contribution >= 0.6 is 15.9 Å². The van der Waals surface area contributed by atoms with Crippen LogP contribution in [-0.2, 0) is 14.2 Å². The highest BCUT2D eigenvalue weighted by Gasteiger charge is 2.41. The third-order valence-corrected chi connectivity index (χ3v) is 3.39. The van der Waals surface area contributed by atoms with Crippen molar-refractivity contribution in [3.8, 4) is 0 Å². The lowest BCUT2D eigenvalue weighted by Crippen LogP contribution is -2.51. The first-order valence-corrected chi connectivity index (χ1v) is 6.28. The first-order chi connectivity index (χ1) is 7.94. The Labute approximate surface area is 107 Å². The first-order valence-electron chi connectivity index (χ1n) is 5.37. The fourth-order valence-electron chi connectivity index (χ4n) is 1.50. The van der Waals surface area contributed by atoms with E-state index in [1.54, 1.807) is 7.11 Å². The van der Waals surface area contributed by atoms with Gasteiger partial charge in [-0.3, -0.25) is 0 Å². The molecule has 3 atom stereocenters. The maximum absolute atomic E-state index is 11.9. The summed E-state index contributed by atoms with van der Waals surface area (Å²) in [5, 5.41) is 0. The van der Waals surface area contributed by atoms with Gasteiger partial charge in [-0.1, -0.05) is 15.9 Å². The van der Waals surface area contributed by atoms with Crippen molar-refractivity contribution in [1.29, 1.82) is 0 Å². The molecule has 3 unspecified atom stereocenters. The van der Waals surface area contributed by atoms with Crippen molar-refractivity contribution in [2.75, 3.05) is 26.9 Å². The van der Waals surface area contributed by atoms with Crippen LogP contribution in [-0.4, -0.2) is 50.1 Å². The molecule has 0 aliphatic heterocycles. The van der Waals surface area contributed by atoms with Crippen molar-refractivity contribution < 1.29 is 27.4 Å². The van der Waals surface area contributed by atoms with Gasteiger partial charge in [0.15, 0.2) is 0 Å². The highest BCUT2D eigenvalue weighted by Crippen LogP contribution is 2.33. The van der Waals surface area contributed by atoms with Gasteiger partial charge in [0.2, 0.25) is 0 Å². The van der Waals surface area contributed by atoms with Gasteiger partial charge in [-0.05, 0) is 6.42 Å². The zero-order valence-corrected chi connectivity index (χ0v) is 11.1. The Morgan fingerprint density at radius 1 is 1.18 bits per heavy atom. The number of rotatable bonds is 7. The summed E-state index contributed by atoms with van der Waals surface area (Å²) in [5.41, 5.74) is 0. The molecular formula is C10H16BrF3O3. The Morgan fingerprint density at radius 2 is 1.88 bits per heavy atom. The molecule has 0 bridgehead atoms. The average molecular weight is 321 g/mol. The van der Waals surface area contributed by atoms with Gasteiger partial charge < -0.3 is 14.2 Å². The Hall–Kier alpha value is 0.150. The summed E-state index contributed by atoms with van der Waals surface area (Å²) in [7, 11) is 1.56. The fraction of sp³-hybridized carbons (Fsp3) is 1.00. The number of ether oxygens (including phenoxy) is 3. The van der Waals surface area contributed by atoms with E-state index in [0.29, 0.717) is 19.6 Å². The van der Waals surface area contributed by atoms with E-state index in [0.717, 1.165) is 0 Å². The molecule has 0 aromatic rings. The van der Waals surface area contributed by atoms with Gasteiger partial charge in [-0.15, -0.1) is 0 Å². The molecule has 1 saturated carbocycles. The zero-order valence-electron chi connectivity index (χ0n) is 9.50. The van der Waals surface area contributed by atoms with Crippen LogP contribution < -0.4 is 0 Å². The molecule has 0 N–H and O–H groups in total. The number of methoxy groups -OCH3 is 1. The van der Waals surface area contributed by atoms with Crippen molar-refractivity contribution in [2.45, 2.75) is 36.1 Å². The molecule has 0 heterocycles. The van der Waals surface area contributed by atoms with Gasteiger partial charge in [0.25, 0.3) is 0 Å². The monoisotopic (exact) mass is 320 g/mol. The second-order valence-corrected chi connectivity index (χ2v) is 5.03. The van der Waals surface area contributed by atoms with E-state index in [2.05, 4.69) is 15.9 Å². The lowest BCUT2D eigenvalue weighted by molar-refractivity contribution is -0.169. The second-order valence-electron chi connectivity index (χ2n) is 3.85. The Morgan fingerprint density at radius 3 is 2.41 bits per heavy atom. The summed E-state index contributed by atoms with van der Waals surface area (Å²) in [6, 6.07) is 0. The predicted molar refractivity (Wildman–Crippen MR) is 59.4 cm³/mol. The molecule has 102 valence electrons. The first kappa shape index (κ1) is 15.2. The van der Waals surface area contributed by atoms with E-state index >= 15 is 0 Å². The van der Waals surface area contributed by atoms with Crippen LogP contribution in [0.3, 0.4) is 0 Å². The largest absolute Gasteiger partial charge is 0.391 e. The van der Waals surface area contributed by atoms with E-state index in [1.807, 2.05) is 0 Å². The second kappa shape index (κ2) is 6.92. The minimum absolute atomic E-state index is 0.148. The summed E-state index contributed by atoms with van der Waals surface area (Å²) in [6.45, 7) is 0.575. The molecule has 7 heteroatoms. The lowest BCUT2D eigenvalue weighted by atomic mass is 9.91. The van der Waals surface area contributed by atoms with E-state index in [9.17, 15) is 13.2 Å². The maximum Gasteiger partial charge on any atom is 0.391 e. The molecule has 1 fully saturated rings. The van der Waals surface area contributed by atoms with E-state index in [4.69, 9.17) is 14.2 Å². The highest BCUT2D eigenvalue weighted by atomic mass is 79.9. The number of hydrogen-bond donors (Lipinski definition) is 0. The van der Waals surface area contributed by atoms with Gasteiger partial charge in [-0.25, -0.2) is 0 Å². The zero-order chi connectivity index (χ0) is 12.9. The summed E-state index contributed by atoms with van der Waals surface area (Å²) in [6.07, 6.45) is -4.84. The predicted octanol–water partition coefficient (Wildman–Crippen LogP) is 2.52. The molecule has 0 spiro atoms. The molecule has 1 aliphatic rings. The van der Waals surface area contributed by atoms with Crippen LogP contribution in [0.25, 0.3) is 0 Å². The Bertz CT molecular complexity index is 225. The molecule has 0 amide bonds. The standard InChI is InChI=1S/C10H16BrF3O3/c1-15-4-5-17-9-7(11)6-8(9)16-3-2-10(12,13)14/h7-9H,2-6H2,1H3. The smallest absolute Gasteiger partial charge is 0.382 e. The number of halogens is 4. The van der Waals surface area contributed by atoms with Crippen molar-refractivity contribution in [2.24, 2.45) is 0 Å². The van der Waals surface area contributed by atoms with Gasteiger partial charge in [0.05, 0.1) is 38.4 Å². The molecule has 1 rings (SSSR count). The summed E-state index contributed by atoms with van der Waals surface area (Å²) < 4.78 is 51.2. The summed E-state index contributed by atoms with van der Waals surface area (Å²) in [5.74, 6) is 0. The molecule has 3 nitrogen and oxygen atoms in total. The molecule has 0 aromatic heterocycles. The van der Waals surface area contributed by atoms with Gasteiger partial charge in [-0.2, -0.15) is 13.2 Å². The van der Waals surface area contributed by atoms with Gasteiger partial charge in [0.1, 0.15) is 0 Å². The van der Waals surface area contributed by atoms with Gasteiger partial charge in [0, 0.05) is 11.9 Å². The van der Waals surface area contributed by atoms with E-state index in [1.165, 1.54) is 0 Å². The Balaban J connectivity index is 2.16. The van der Waals surface area contributed by atoms with Crippen molar-refractivity contribution in [1.82, 2.24) is 0 Å². The summed E-state index contributed by atoms with van der Waals surface area (Å²) >= 11 is 3.38. The fourth-order valence-corrected chi connectivity index (χ4v) is 2.36. The van der Waals surface area contributed by atoms with Crippen LogP contribution in [0.5, 0.6) is 0 Å². The minimum Gasteiger partial charge on any atom is -0.382 e. The maximum atomic E-state index is 11.9. The molecular weight excluding hydrogens is 305 g/mol. The highest BCUT2D eigenvalue weighted by molar-refractivity contribution is 9.09. The average Bonchev–Trinajstić information content (AvgIpc) is 2.21. The minimum atomic E-state index is -4.16. The van der Waals surface area contributed by atoms with Crippen molar-refractivity contribution in [3.05, 3.63) is 0 Å². The third-order valence-electron chi connectivity index (χ3n) is 2.50. The van der Waals surface area contributed by atoms with Crippen molar-refractivity contribution in [3.63, 3.8) is 0 Å². The molecule has 0 aromatic carbocycles. The number of hydrogen-bond acceptors (Lipinski definition) is 3. The van der Waals surface area contributed by atoms with Crippen LogP contribution in [0.15, 0.2) is 0 Å². The molecule has 0 saturated heterocycles. The summed E-state index contributed by atoms with van der Waals surface area (Å²) in [4.78, 5) is 0.148. The van der Waals surface area contributed by atoms with E-state index < -0.39 is 12.6 Å². The van der Waals surface area contributed by atoms with E-state index in [-0.39, 0.29) is 23.6 Å². The van der Waals surface area contributed by atoms with Gasteiger partial charge >= 0.3 is 6.18 Å². The SMILES string of the molecule is COCCOC1C(Br)CC1OCCC(F)(F)F. The topological polar surface area (TPSA) is 27.7 Å². The Kier molecular flexibility index (Phi) is 6.19. The molecule has 0 radical (unpaired) electrons. The molecule has 1 aliphatic carbocycles. The van der Waals surface area contributed by atoms with Crippen LogP contribution in [0.4, 0.5) is 13.2 Å².